The predicted molar refractivity (Wildman–Crippen MR) is 77.6 cm³/mol. The number of ether oxygens (including phenoxy) is 1. The molecule has 0 fully saturated rings. The molecule has 0 heterocycles. The van der Waals surface area contributed by atoms with Crippen molar-refractivity contribution in [2.45, 2.75) is 45.6 Å². The molecule has 0 spiro atoms. The summed E-state index contributed by atoms with van der Waals surface area (Å²) in [5.41, 5.74) is -0.809. The molecule has 0 rings (SSSR count). The summed E-state index contributed by atoms with van der Waals surface area (Å²) in [5, 5.41) is 12.5. The number of nitrogens with zero attached hydrogens (tertiary/aromatic N) is 1. The van der Waals surface area contributed by atoms with E-state index in [1.807, 2.05) is 6.92 Å². The minimum absolute atomic E-state index is 0.645. The molecule has 0 saturated heterocycles. The van der Waals surface area contributed by atoms with Gasteiger partial charge in [-0.15, -0.1) is 0 Å². The van der Waals surface area contributed by atoms with Crippen LogP contribution in [0.3, 0.4) is 0 Å². The first-order valence-electron chi connectivity index (χ1n) is 7.19. The van der Waals surface area contributed by atoms with Gasteiger partial charge in [0.1, 0.15) is 5.54 Å². The lowest BCUT2D eigenvalue weighted by atomic mass is 9.95. The molecular formula is C14H30N2O3. The maximum Gasteiger partial charge on any atom is 0.323 e. The van der Waals surface area contributed by atoms with E-state index in [1.165, 1.54) is 0 Å². The van der Waals surface area contributed by atoms with E-state index in [9.17, 15) is 9.90 Å². The average Bonchev–Trinajstić information content (AvgIpc) is 2.40. The van der Waals surface area contributed by atoms with Gasteiger partial charge in [-0.2, -0.15) is 0 Å². The van der Waals surface area contributed by atoms with E-state index in [4.69, 9.17) is 4.74 Å². The number of likely N-dealkylation sites (N-methyl/N-ethyl adjacent to an activating group) is 1. The number of hydrogen-bond acceptors (Lipinski definition) is 4. The van der Waals surface area contributed by atoms with Crippen LogP contribution in [0.25, 0.3) is 0 Å². The Morgan fingerprint density at radius 2 is 2.05 bits per heavy atom. The Labute approximate surface area is 117 Å². The Hall–Kier alpha value is -0.650. The van der Waals surface area contributed by atoms with Crippen LogP contribution in [0.2, 0.25) is 0 Å². The fourth-order valence-corrected chi connectivity index (χ4v) is 1.98. The third-order valence-electron chi connectivity index (χ3n) is 3.45. The topological polar surface area (TPSA) is 61.8 Å². The van der Waals surface area contributed by atoms with Gasteiger partial charge < -0.3 is 20.1 Å². The van der Waals surface area contributed by atoms with Gasteiger partial charge in [0.25, 0.3) is 0 Å². The van der Waals surface area contributed by atoms with E-state index in [-0.39, 0.29) is 0 Å². The largest absolute Gasteiger partial charge is 0.480 e. The molecule has 1 atom stereocenters. The van der Waals surface area contributed by atoms with Crippen molar-refractivity contribution >= 4 is 5.97 Å². The van der Waals surface area contributed by atoms with Gasteiger partial charge in [-0.25, -0.2) is 0 Å². The molecule has 0 aliphatic carbocycles. The molecule has 1 unspecified atom stereocenters. The van der Waals surface area contributed by atoms with Crippen molar-refractivity contribution in [1.82, 2.24) is 10.2 Å². The van der Waals surface area contributed by atoms with Crippen molar-refractivity contribution in [1.29, 1.82) is 0 Å². The van der Waals surface area contributed by atoms with E-state index in [2.05, 4.69) is 17.1 Å². The zero-order chi connectivity index (χ0) is 14.7. The van der Waals surface area contributed by atoms with Crippen LogP contribution >= 0.6 is 0 Å². The smallest absolute Gasteiger partial charge is 0.323 e. The summed E-state index contributed by atoms with van der Waals surface area (Å²) in [7, 11) is 1.70. The first kappa shape index (κ1) is 18.4. The van der Waals surface area contributed by atoms with E-state index in [0.717, 1.165) is 45.6 Å². The summed E-state index contributed by atoms with van der Waals surface area (Å²) < 4.78 is 5.06. The first-order chi connectivity index (χ1) is 9.00. The molecule has 0 radical (unpaired) electrons. The summed E-state index contributed by atoms with van der Waals surface area (Å²) >= 11 is 0. The number of carboxylic acids is 1. The molecule has 0 aromatic rings. The van der Waals surface area contributed by atoms with Crippen molar-refractivity contribution in [2.75, 3.05) is 39.9 Å². The van der Waals surface area contributed by atoms with Crippen LogP contribution < -0.4 is 5.32 Å². The second-order valence-corrected chi connectivity index (χ2v) is 5.09. The molecule has 5 heteroatoms. The van der Waals surface area contributed by atoms with Crippen molar-refractivity contribution < 1.29 is 14.6 Å². The zero-order valence-electron chi connectivity index (χ0n) is 12.9. The molecule has 19 heavy (non-hydrogen) atoms. The standard InChI is InChI=1S/C14H30N2O3/c1-5-9-15-14(3,13(17)18)8-7-10-16(6-2)11-12-19-4/h15H,5-12H2,1-4H3,(H,17,18). The summed E-state index contributed by atoms with van der Waals surface area (Å²) in [6.07, 6.45) is 2.46. The molecule has 0 aliphatic rings. The minimum atomic E-state index is -0.809. The Morgan fingerprint density at radius 1 is 1.37 bits per heavy atom. The Morgan fingerprint density at radius 3 is 2.53 bits per heavy atom. The number of carbonyl (C=O) groups is 1. The van der Waals surface area contributed by atoms with Crippen LogP contribution in [0.4, 0.5) is 0 Å². The van der Waals surface area contributed by atoms with Gasteiger partial charge >= 0.3 is 5.97 Å². The van der Waals surface area contributed by atoms with E-state index < -0.39 is 11.5 Å². The normalized spacial score (nSPS) is 14.6. The third-order valence-corrected chi connectivity index (χ3v) is 3.45. The summed E-state index contributed by atoms with van der Waals surface area (Å²) in [4.78, 5) is 13.6. The van der Waals surface area contributed by atoms with Gasteiger partial charge in [-0.3, -0.25) is 4.79 Å². The highest BCUT2D eigenvalue weighted by atomic mass is 16.5. The quantitative estimate of drug-likeness (QED) is 0.566. The molecule has 114 valence electrons. The van der Waals surface area contributed by atoms with Crippen molar-refractivity contribution in [3.8, 4) is 0 Å². The van der Waals surface area contributed by atoms with Gasteiger partial charge in [0.2, 0.25) is 0 Å². The fourth-order valence-electron chi connectivity index (χ4n) is 1.98. The SMILES string of the molecule is CCCNC(C)(CCCN(CC)CCOC)C(=O)O. The first-order valence-corrected chi connectivity index (χ1v) is 7.19. The van der Waals surface area contributed by atoms with E-state index >= 15 is 0 Å². The number of methoxy groups -OCH3 is 1. The maximum absolute atomic E-state index is 11.3. The molecular weight excluding hydrogens is 244 g/mol. The molecule has 0 aromatic heterocycles. The van der Waals surface area contributed by atoms with Crippen LogP contribution in [0, 0.1) is 0 Å². The minimum Gasteiger partial charge on any atom is -0.480 e. The second-order valence-electron chi connectivity index (χ2n) is 5.09. The van der Waals surface area contributed by atoms with Crippen LogP contribution in [0.5, 0.6) is 0 Å². The lowest BCUT2D eigenvalue weighted by molar-refractivity contribution is -0.144. The summed E-state index contributed by atoms with van der Waals surface area (Å²) in [6, 6.07) is 0. The molecule has 0 bridgehead atoms. The number of aliphatic carboxylic acids is 1. The fraction of sp³-hybridized carbons (Fsp3) is 0.929. The zero-order valence-corrected chi connectivity index (χ0v) is 12.9. The number of rotatable bonds is 12. The number of hydrogen-bond donors (Lipinski definition) is 2. The highest BCUT2D eigenvalue weighted by Gasteiger charge is 2.31. The van der Waals surface area contributed by atoms with E-state index in [1.54, 1.807) is 14.0 Å². The lowest BCUT2D eigenvalue weighted by Gasteiger charge is -2.28. The average molecular weight is 274 g/mol. The van der Waals surface area contributed by atoms with Crippen LogP contribution in [-0.2, 0) is 9.53 Å². The van der Waals surface area contributed by atoms with Crippen LogP contribution in [-0.4, -0.2) is 61.4 Å². The van der Waals surface area contributed by atoms with Crippen LogP contribution in [0.1, 0.15) is 40.0 Å². The second kappa shape index (κ2) is 10.2. The van der Waals surface area contributed by atoms with Gasteiger partial charge in [0.05, 0.1) is 6.61 Å². The van der Waals surface area contributed by atoms with Crippen molar-refractivity contribution in [2.24, 2.45) is 0 Å². The Bertz CT molecular complexity index is 249. The Kier molecular flexibility index (Phi) is 9.83. The monoisotopic (exact) mass is 274 g/mol. The van der Waals surface area contributed by atoms with Crippen LogP contribution in [0.15, 0.2) is 0 Å². The molecule has 0 aliphatic heterocycles. The van der Waals surface area contributed by atoms with E-state index in [0.29, 0.717) is 6.42 Å². The molecule has 5 nitrogen and oxygen atoms in total. The van der Waals surface area contributed by atoms with Gasteiger partial charge in [0.15, 0.2) is 0 Å². The molecule has 0 saturated carbocycles. The molecule has 0 amide bonds. The Balaban J connectivity index is 4.13. The number of carboxylic acid groups (broad SMARTS) is 1. The highest BCUT2D eigenvalue weighted by molar-refractivity contribution is 5.78. The maximum atomic E-state index is 11.3. The predicted octanol–water partition coefficient (Wildman–Crippen LogP) is 1.58. The number of nitrogens with one attached hydrogen (secondary N) is 1. The third kappa shape index (κ3) is 7.50. The van der Waals surface area contributed by atoms with Gasteiger partial charge in [-0.1, -0.05) is 13.8 Å². The van der Waals surface area contributed by atoms with Crippen molar-refractivity contribution in [3.63, 3.8) is 0 Å². The van der Waals surface area contributed by atoms with Gasteiger partial charge in [-0.05, 0) is 45.8 Å². The highest BCUT2D eigenvalue weighted by Crippen LogP contribution is 2.13. The summed E-state index contributed by atoms with van der Waals surface area (Å²) in [5.74, 6) is -0.763. The van der Waals surface area contributed by atoms with Crippen molar-refractivity contribution in [3.05, 3.63) is 0 Å². The lowest BCUT2D eigenvalue weighted by Crippen LogP contribution is -2.50. The van der Waals surface area contributed by atoms with Gasteiger partial charge in [0, 0.05) is 13.7 Å². The molecule has 0 aromatic carbocycles. The molecule has 2 N–H and O–H groups in total. The summed E-state index contributed by atoms with van der Waals surface area (Å²) in [6.45, 7) is 10.2.